The van der Waals surface area contributed by atoms with E-state index in [2.05, 4.69) is 62.0 Å². The van der Waals surface area contributed by atoms with E-state index in [0.29, 0.717) is 12.4 Å². The van der Waals surface area contributed by atoms with Crippen LogP contribution in [-0.2, 0) is 13.0 Å². The number of hydrogen-bond acceptors (Lipinski definition) is 4. The summed E-state index contributed by atoms with van der Waals surface area (Å²) in [6, 6.07) is 18.2. The smallest absolute Gasteiger partial charge is 0.191 e. The number of aryl methyl sites for hydroxylation is 1. The molecule has 1 aromatic heterocycles. The van der Waals surface area contributed by atoms with Crippen molar-refractivity contribution in [2.24, 2.45) is 4.99 Å². The van der Waals surface area contributed by atoms with Crippen LogP contribution in [0.1, 0.15) is 24.7 Å². The summed E-state index contributed by atoms with van der Waals surface area (Å²) in [7, 11) is 1.65. The maximum atomic E-state index is 5.18. The molecule has 0 aliphatic heterocycles. The SMILES string of the molecule is CCNC(=NCc1nc(-c2ccc(OC)cc2)n[nH]1)NCCCc1ccccc1.I. The molecule has 8 heteroatoms. The van der Waals surface area contributed by atoms with Crippen LogP contribution in [0.25, 0.3) is 11.4 Å². The van der Waals surface area contributed by atoms with Crippen LogP contribution in [0, 0.1) is 0 Å². The van der Waals surface area contributed by atoms with Gasteiger partial charge in [0.1, 0.15) is 18.1 Å². The standard InChI is InChI=1S/C22H28N6O.HI/c1-3-23-22(24-15-7-10-17-8-5-4-6-9-17)25-16-20-26-21(28-27-20)18-11-13-19(29-2)14-12-18;/h4-6,8-9,11-14H,3,7,10,15-16H2,1-2H3,(H2,23,24,25)(H,26,27,28);1H. The molecule has 0 saturated heterocycles. The van der Waals surface area contributed by atoms with Gasteiger partial charge in [0.2, 0.25) is 0 Å². The van der Waals surface area contributed by atoms with Gasteiger partial charge in [0.15, 0.2) is 11.8 Å². The van der Waals surface area contributed by atoms with E-state index in [1.807, 2.05) is 30.3 Å². The van der Waals surface area contributed by atoms with Crippen molar-refractivity contribution in [2.75, 3.05) is 20.2 Å². The van der Waals surface area contributed by atoms with Gasteiger partial charge in [-0.1, -0.05) is 30.3 Å². The number of ether oxygens (including phenoxy) is 1. The molecule has 1 heterocycles. The van der Waals surface area contributed by atoms with Gasteiger partial charge in [-0.25, -0.2) is 9.98 Å². The molecule has 0 amide bonds. The van der Waals surface area contributed by atoms with E-state index >= 15 is 0 Å². The fraction of sp³-hybridized carbons (Fsp3) is 0.318. The lowest BCUT2D eigenvalue weighted by Crippen LogP contribution is -2.37. The lowest BCUT2D eigenvalue weighted by atomic mass is 10.1. The predicted octanol–water partition coefficient (Wildman–Crippen LogP) is 3.79. The Labute approximate surface area is 194 Å². The highest BCUT2D eigenvalue weighted by Gasteiger charge is 2.06. The van der Waals surface area contributed by atoms with Gasteiger partial charge in [-0.2, -0.15) is 5.10 Å². The average molecular weight is 520 g/mol. The van der Waals surface area contributed by atoms with Crippen LogP contribution in [0.5, 0.6) is 5.75 Å². The molecule has 0 aliphatic carbocycles. The molecule has 3 rings (SSSR count). The summed E-state index contributed by atoms with van der Waals surface area (Å²) in [6.45, 7) is 4.14. The third kappa shape index (κ3) is 7.33. The Morgan fingerprint density at radius 1 is 1.07 bits per heavy atom. The zero-order valence-corrected chi connectivity index (χ0v) is 19.7. The van der Waals surface area contributed by atoms with Crippen molar-refractivity contribution in [3.05, 3.63) is 66.0 Å². The molecule has 0 saturated carbocycles. The van der Waals surface area contributed by atoms with Crippen molar-refractivity contribution in [2.45, 2.75) is 26.3 Å². The van der Waals surface area contributed by atoms with Crippen LogP contribution >= 0.6 is 24.0 Å². The number of benzene rings is 2. The topological polar surface area (TPSA) is 87.2 Å². The Hall–Kier alpha value is -2.62. The summed E-state index contributed by atoms with van der Waals surface area (Å²) >= 11 is 0. The first-order valence-electron chi connectivity index (χ1n) is 9.90. The molecule has 0 radical (unpaired) electrons. The van der Waals surface area contributed by atoms with Gasteiger partial charge in [-0.15, -0.1) is 24.0 Å². The number of aromatic amines is 1. The van der Waals surface area contributed by atoms with E-state index in [1.54, 1.807) is 7.11 Å². The van der Waals surface area contributed by atoms with E-state index in [0.717, 1.165) is 49.0 Å². The molecule has 0 aliphatic rings. The maximum Gasteiger partial charge on any atom is 0.191 e. The van der Waals surface area contributed by atoms with Crippen LogP contribution in [0.3, 0.4) is 0 Å². The summed E-state index contributed by atoms with van der Waals surface area (Å²) in [5, 5.41) is 13.9. The normalized spacial score (nSPS) is 10.9. The maximum absolute atomic E-state index is 5.18. The molecule has 3 aromatic rings. The summed E-state index contributed by atoms with van der Waals surface area (Å²) in [6.07, 6.45) is 2.08. The molecule has 0 spiro atoms. The van der Waals surface area contributed by atoms with Gasteiger partial charge < -0.3 is 15.4 Å². The minimum absolute atomic E-state index is 0. The highest BCUT2D eigenvalue weighted by atomic mass is 127. The van der Waals surface area contributed by atoms with Crippen molar-refractivity contribution < 1.29 is 4.74 Å². The van der Waals surface area contributed by atoms with Crippen LogP contribution < -0.4 is 15.4 Å². The number of guanidine groups is 1. The number of H-pyrrole nitrogens is 1. The lowest BCUT2D eigenvalue weighted by molar-refractivity contribution is 0.415. The molecule has 30 heavy (non-hydrogen) atoms. The zero-order chi connectivity index (χ0) is 20.3. The minimum atomic E-state index is 0. The summed E-state index contributed by atoms with van der Waals surface area (Å²) < 4.78 is 5.18. The number of nitrogens with zero attached hydrogens (tertiary/aromatic N) is 3. The number of methoxy groups -OCH3 is 1. The fourth-order valence-electron chi connectivity index (χ4n) is 2.87. The van der Waals surface area contributed by atoms with Crippen LogP contribution in [0.2, 0.25) is 0 Å². The van der Waals surface area contributed by atoms with Crippen molar-refractivity contribution >= 4 is 29.9 Å². The van der Waals surface area contributed by atoms with Crippen molar-refractivity contribution in [3.63, 3.8) is 0 Å². The molecular weight excluding hydrogens is 491 g/mol. The van der Waals surface area contributed by atoms with Crippen LogP contribution in [0.4, 0.5) is 0 Å². The van der Waals surface area contributed by atoms with Crippen molar-refractivity contribution in [1.29, 1.82) is 0 Å². The average Bonchev–Trinajstić information content (AvgIpc) is 3.25. The molecular formula is C22H29IN6O. The van der Waals surface area contributed by atoms with Crippen molar-refractivity contribution in [1.82, 2.24) is 25.8 Å². The second kappa shape index (κ2) is 12.8. The van der Waals surface area contributed by atoms with Gasteiger partial charge >= 0.3 is 0 Å². The largest absolute Gasteiger partial charge is 0.497 e. The van der Waals surface area contributed by atoms with E-state index in [4.69, 9.17) is 4.74 Å². The van der Waals surface area contributed by atoms with Crippen molar-refractivity contribution in [3.8, 4) is 17.1 Å². The van der Waals surface area contributed by atoms with E-state index in [9.17, 15) is 0 Å². The Morgan fingerprint density at radius 3 is 2.53 bits per heavy atom. The molecule has 7 nitrogen and oxygen atoms in total. The fourth-order valence-corrected chi connectivity index (χ4v) is 2.87. The summed E-state index contributed by atoms with van der Waals surface area (Å²) in [4.78, 5) is 9.14. The van der Waals surface area contributed by atoms with Crippen LogP contribution in [-0.4, -0.2) is 41.3 Å². The number of halogens is 1. The Morgan fingerprint density at radius 2 is 1.83 bits per heavy atom. The molecule has 0 bridgehead atoms. The Balaban J connectivity index is 0.00000320. The molecule has 0 atom stereocenters. The first kappa shape index (κ1) is 23.7. The van der Waals surface area contributed by atoms with Gasteiger partial charge in [-0.05, 0) is 49.6 Å². The van der Waals surface area contributed by atoms with E-state index < -0.39 is 0 Å². The zero-order valence-electron chi connectivity index (χ0n) is 17.4. The monoisotopic (exact) mass is 520 g/mol. The summed E-state index contributed by atoms with van der Waals surface area (Å²) in [5.41, 5.74) is 2.28. The third-order valence-corrected chi connectivity index (χ3v) is 4.39. The second-order valence-corrected chi connectivity index (χ2v) is 6.55. The quantitative estimate of drug-likeness (QED) is 0.173. The van der Waals surface area contributed by atoms with Crippen LogP contribution in [0.15, 0.2) is 59.6 Å². The number of aromatic nitrogens is 3. The predicted molar refractivity (Wildman–Crippen MR) is 131 cm³/mol. The summed E-state index contributed by atoms with van der Waals surface area (Å²) in [5.74, 6) is 2.96. The highest BCUT2D eigenvalue weighted by Crippen LogP contribution is 2.19. The van der Waals surface area contributed by atoms with Gasteiger partial charge in [-0.3, -0.25) is 5.10 Å². The molecule has 0 fully saturated rings. The third-order valence-electron chi connectivity index (χ3n) is 4.39. The number of nitrogens with one attached hydrogen (secondary N) is 3. The van der Waals surface area contributed by atoms with Gasteiger partial charge in [0, 0.05) is 18.7 Å². The number of aliphatic imine (C=N–C) groups is 1. The molecule has 3 N–H and O–H groups in total. The number of rotatable bonds is 9. The second-order valence-electron chi connectivity index (χ2n) is 6.55. The van der Waals surface area contributed by atoms with E-state index in [1.165, 1.54) is 5.56 Å². The molecule has 2 aromatic carbocycles. The molecule has 160 valence electrons. The van der Waals surface area contributed by atoms with Gasteiger partial charge in [0.05, 0.1) is 7.11 Å². The van der Waals surface area contributed by atoms with E-state index in [-0.39, 0.29) is 24.0 Å². The van der Waals surface area contributed by atoms with Gasteiger partial charge in [0.25, 0.3) is 0 Å². The first-order chi connectivity index (χ1) is 14.3. The Kier molecular flexibility index (Phi) is 10.1. The lowest BCUT2D eigenvalue weighted by Gasteiger charge is -2.10. The minimum Gasteiger partial charge on any atom is -0.497 e. The first-order valence-corrected chi connectivity index (χ1v) is 9.90. The highest BCUT2D eigenvalue weighted by molar-refractivity contribution is 14.0. The molecule has 0 unspecified atom stereocenters. The number of hydrogen-bond donors (Lipinski definition) is 3. The Bertz CT molecular complexity index is 896.